The van der Waals surface area contributed by atoms with Gasteiger partial charge in [0.2, 0.25) is 0 Å². The summed E-state index contributed by atoms with van der Waals surface area (Å²) in [6, 6.07) is 0. The third kappa shape index (κ3) is 4.14. The molecular weight excluding hydrogens is 232 g/mol. The molecule has 0 bridgehead atoms. The second-order valence-electron chi connectivity index (χ2n) is 3.57. The maximum atomic E-state index is 11.2. The highest BCUT2D eigenvalue weighted by atomic mass is 32.2. The molecule has 1 aliphatic rings. The van der Waals surface area contributed by atoms with Gasteiger partial charge in [0.05, 0.1) is 5.75 Å². The number of esters is 2. The van der Waals surface area contributed by atoms with Crippen molar-refractivity contribution >= 4 is 22.7 Å². The van der Waals surface area contributed by atoms with Gasteiger partial charge in [0.15, 0.2) is 6.61 Å². The first-order valence-electron chi connectivity index (χ1n) is 4.86. The topological polar surface area (TPSA) is 69.7 Å². The number of carbonyl (C=O) groups is 2. The molecule has 0 radical (unpaired) electrons. The van der Waals surface area contributed by atoms with Crippen molar-refractivity contribution in [3.8, 4) is 0 Å². The summed E-state index contributed by atoms with van der Waals surface area (Å²) < 4.78 is 20.6. The van der Waals surface area contributed by atoms with Crippen LogP contribution >= 0.6 is 0 Å². The molecular formula is C10H14O5S. The van der Waals surface area contributed by atoms with Crippen LogP contribution in [0.1, 0.15) is 13.3 Å². The third-order valence-electron chi connectivity index (χ3n) is 2.01. The molecule has 0 aromatic heterocycles. The van der Waals surface area contributed by atoms with Gasteiger partial charge in [-0.15, -0.1) is 0 Å². The second kappa shape index (κ2) is 5.79. The van der Waals surface area contributed by atoms with Gasteiger partial charge in [-0.25, -0.2) is 9.59 Å². The SMILES string of the molecule is C=C(C)C(=O)OCC(=O)O[C@H]1CCS(=O)C1. The average Bonchev–Trinajstić information content (AvgIpc) is 2.60. The average molecular weight is 246 g/mol. The van der Waals surface area contributed by atoms with E-state index in [0.717, 1.165) is 0 Å². The van der Waals surface area contributed by atoms with E-state index in [2.05, 4.69) is 11.3 Å². The molecule has 6 heteroatoms. The number of hydrogen-bond acceptors (Lipinski definition) is 5. The fourth-order valence-electron chi connectivity index (χ4n) is 1.20. The Hall–Kier alpha value is -1.17. The summed E-state index contributed by atoms with van der Waals surface area (Å²) in [7, 11) is -0.888. The largest absolute Gasteiger partial charge is 0.459 e. The Morgan fingerprint density at radius 2 is 2.19 bits per heavy atom. The zero-order valence-electron chi connectivity index (χ0n) is 9.06. The zero-order chi connectivity index (χ0) is 12.1. The smallest absolute Gasteiger partial charge is 0.344 e. The lowest BCUT2D eigenvalue weighted by molar-refractivity contribution is -0.159. The lowest BCUT2D eigenvalue weighted by atomic mass is 10.3. The van der Waals surface area contributed by atoms with Crippen LogP contribution in [0.2, 0.25) is 0 Å². The van der Waals surface area contributed by atoms with Crippen LogP contribution in [0.3, 0.4) is 0 Å². The highest BCUT2D eigenvalue weighted by Crippen LogP contribution is 2.11. The van der Waals surface area contributed by atoms with Crippen molar-refractivity contribution in [2.45, 2.75) is 19.4 Å². The summed E-state index contributed by atoms with van der Waals surface area (Å²) in [5, 5.41) is 0. The lowest BCUT2D eigenvalue weighted by Crippen LogP contribution is -2.23. The molecule has 1 aliphatic heterocycles. The molecule has 1 unspecified atom stereocenters. The lowest BCUT2D eigenvalue weighted by Gasteiger charge is -2.10. The van der Waals surface area contributed by atoms with Gasteiger partial charge in [-0.3, -0.25) is 4.21 Å². The van der Waals surface area contributed by atoms with Gasteiger partial charge in [0.25, 0.3) is 0 Å². The van der Waals surface area contributed by atoms with Crippen molar-refractivity contribution in [3.63, 3.8) is 0 Å². The summed E-state index contributed by atoms with van der Waals surface area (Å²) in [6.07, 6.45) is 0.295. The number of carbonyl (C=O) groups excluding carboxylic acids is 2. The standard InChI is InChI=1S/C10H14O5S/c1-7(2)10(12)14-5-9(11)15-8-3-4-16(13)6-8/h8H,1,3-6H2,2H3/t8-,16?/m0/s1. The second-order valence-corrected chi connectivity index (χ2v) is 5.19. The molecule has 0 aromatic carbocycles. The quantitative estimate of drug-likeness (QED) is 0.522. The van der Waals surface area contributed by atoms with Crippen molar-refractivity contribution in [3.05, 3.63) is 12.2 Å². The molecule has 5 nitrogen and oxygen atoms in total. The molecule has 0 N–H and O–H groups in total. The molecule has 0 amide bonds. The van der Waals surface area contributed by atoms with Crippen molar-refractivity contribution in [2.75, 3.05) is 18.1 Å². The van der Waals surface area contributed by atoms with E-state index < -0.39 is 29.3 Å². The van der Waals surface area contributed by atoms with E-state index in [1.54, 1.807) is 0 Å². The van der Waals surface area contributed by atoms with Crippen LogP contribution < -0.4 is 0 Å². The van der Waals surface area contributed by atoms with Crippen LogP contribution in [0.25, 0.3) is 0 Å². The molecule has 0 aromatic rings. The highest BCUT2D eigenvalue weighted by Gasteiger charge is 2.24. The van der Waals surface area contributed by atoms with E-state index in [9.17, 15) is 13.8 Å². The predicted octanol–water partition coefficient (Wildman–Crippen LogP) is 0.170. The van der Waals surface area contributed by atoms with Crippen LogP contribution in [0.15, 0.2) is 12.2 Å². The predicted molar refractivity (Wildman–Crippen MR) is 58.1 cm³/mol. The third-order valence-corrected chi connectivity index (χ3v) is 3.44. The van der Waals surface area contributed by atoms with Crippen LogP contribution in [0, 0.1) is 0 Å². The van der Waals surface area contributed by atoms with Gasteiger partial charge >= 0.3 is 11.9 Å². The summed E-state index contributed by atoms with van der Waals surface area (Å²) in [4.78, 5) is 22.2. The van der Waals surface area contributed by atoms with Gasteiger partial charge in [-0.1, -0.05) is 6.58 Å². The summed E-state index contributed by atoms with van der Waals surface area (Å²) in [5.41, 5.74) is 0.231. The van der Waals surface area contributed by atoms with Gasteiger partial charge < -0.3 is 9.47 Å². The van der Waals surface area contributed by atoms with Gasteiger partial charge in [0.1, 0.15) is 6.10 Å². The van der Waals surface area contributed by atoms with E-state index in [4.69, 9.17) is 4.74 Å². The summed E-state index contributed by atoms with van der Waals surface area (Å²) in [5.74, 6) is -0.297. The molecule has 1 rings (SSSR count). The summed E-state index contributed by atoms with van der Waals surface area (Å²) >= 11 is 0. The molecule has 2 atom stereocenters. The molecule has 1 saturated heterocycles. The van der Waals surface area contributed by atoms with Crippen LogP contribution in [0.5, 0.6) is 0 Å². The van der Waals surface area contributed by atoms with Crippen molar-refractivity contribution < 1.29 is 23.3 Å². The zero-order valence-corrected chi connectivity index (χ0v) is 9.88. The number of hydrogen-bond donors (Lipinski definition) is 0. The highest BCUT2D eigenvalue weighted by molar-refractivity contribution is 7.85. The number of ether oxygens (including phenoxy) is 2. The van der Waals surface area contributed by atoms with Crippen LogP contribution in [-0.2, 0) is 29.9 Å². The monoisotopic (exact) mass is 246 g/mol. The van der Waals surface area contributed by atoms with E-state index in [1.165, 1.54) is 6.92 Å². The first-order chi connectivity index (χ1) is 7.49. The minimum absolute atomic E-state index is 0.231. The molecule has 90 valence electrons. The Kier molecular flexibility index (Phi) is 4.67. The molecule has 0 spiro atoms. The van der Waals surface area contributed by atoms with Crippen LogP contribution in [-0.4, -0.2) is 40.4 Å². The van der Waals surface area contributed by atoms with Crippen LogP contribution in [0.4, 0.5) is 0 Å². The Morgan fingerprint density at radius 3 is 2.69 bits per heavy atom. The van der Waals surface area contributed by atoms with E-state index >= 15 is 0 Å². The van der Waals surface area contributed by atoms with Gasteiger partial charge in [-0.05, 0) is 13.3 Å². The Balaban J connectivity index is 2.23. The fraction of sp³-hybridized carbons (Fsp3) is 0.600. The van der Waals surface area contributed by atoms with E-state index in [-0.39, 0.29) is 11.7 Å². The Bertz CT molecular complexity index is 336. The molecule has 1 heterocycles. The van der Waals surface area contributed by atoms with Gasteiger partial charge in [0, 0.05) is 22.1 Å². The first kappa shape index (κ1) is 12.9. The molecule has 16 heavy (non-hydrogen) atoms. The first-order valence-corrected chi connectivity index (χ1v) is 6.35. The fourth-order valence-corrected chi connectivity index (χ4v) is 2.54. The molecule has 1 fully saturated rings. The Labute approximate surface area is 96.3 Å². The minimum atomic E-state index is -0.888. The summed E-state index contributed by atoms with van der Waals surface area (Å²) in [6.45, 7) is 4.45. The normalized spacial score (nSPS) is 23.8. The maximum absolute atomic E-state index is 11.2. The maximum Gasteiger partial charge on any atom is 0.344 e. The Morgan fingerprint density at radius 1 is 1.50 bits per heavy atom. The van der Waals surface area contributed by atoms with E-state index in [1.807, 2.05) is 0 Å². The van der Waals surface area contributed by atoms with Gasteiger partial charge in [-0.2, -0.15) is 0 Å². The van der Waals surface area contributed by atoms with Crippen molar-refractivity contribution in [1.82, 2.24) is 0 Å². The minimum Gasteiger partial charge on any atom is -0.459 e. The number of rotatable bonds is 4. The molecule has 0 aliphatic carbocycles. The molecule has 0 saturated carbocycles. The van der Waals surface area contributed by atoms with Crippen molar-refractivity contribution in [1.29, 1.82) is 0 Å². The van der Waals surface area contributed by atoms with E-state index in [0.29, 0.717) is 17.9 Å². The van der Waals surface area contributed by atoms with Crippen molar-refractivity contribution in [2.24, 2.45) is 0 Å².